The molecule has 1 aromatic rings. The molecule has 0 spiro atoms. The van der Waals surface area contributed by atoms with E-state index >= 15 is 0 Å². The van der Waals surface area contributed by atoms with Crippen LogP contribution >= 0.6 is 15.9 Å². The lowest BCUT2D eigenvalue weighted by Gasteiger charge is -2.11. The Labute approximate surface area is 101 Å². The van der Waals surface area contributed by atoms with Crippen LogP contribution in [0.15, 0.2) is 22.9 Å². The Hall–Kier alpha value is -1.43. The lowest BCUT2D eigenvalue weighted by molar-refractivity contribution is -0.137. The zero-order valence-corrected chi connectivity index (χ0v) is 10.2. The van der Waals surface area contributed by atoms with E-state index in [1.54, 1.807) is 19.1 Å². The first-order chi connectivity index (χ1) is 7.49. The van der Waals surface area contributed by atoms with Crippen molar-refractivity contribution in [3.8, 4) is 0 Å². The number of pyridine rings is 1. The molecule has 0 aliphatic carbocycles. The number of aliphatic carboxylic acids is 1. The Kier molecular flexibility index (Phi) is 4.42. The van der Waals surface area contributed by atoms with Gasteiger partial charge in [-0.25, -0.2) is 4.98 Å². The second kappa shape index (κ2) is 5.60. The van der Waals surface area contributed by atoms with Gasteiger partial charge in [0.15, 0.2) is 0 Å². The van der Waals surface area contributed by atoms with Gasteiger partial charge in [0.1, 0.15) is 4.60 Å². The fourth-order valence-corrected chi connectivity index (χ4v) is 1.36. The fourth-order valence-electron chi connectivity index (χ4n) is 1.13. The molecule has 16 heavy (non-hydrogen) atoms. The highest BCUT2D eigenvalue weighted by molar-refractivity contribution is 9.10. The fraction of sp³-hybridized carbons (Fsp3) is 0.300. The van der Waals surface area contributed by atoms with Crippen LogP contribution in [0.2, 0.25) is 0 Å². The number of amides is 1. The number of carbonyl (C=O) groups is 2. The smallest absolute Gasteiger partial charge is 0.305 e. The Balaban J connectivity index is 2.58. The predicted molar refractivity (Wildman–Crippen MR) is 61.1 cm³/mol. The van der Waals surface area contributed by atoms with Gasteiger partial charge in [0.05, 0.1) is 12.0 Å². The SMILES string of the molecule is CC(CC(=O)O)NC(=O)c1ccc(Br)nc1. The van der Waals surface area contributed by atoms with Gasteiger partial charge in [-0.1, -0.05) is 0 Å². The van der Waals surface area contributed by atoms with Crippen molar-refractivity contribution < 1.29 is 14.7 Å². The molecule has 86 valence electrons. The van der Waals surface area contributed by atoms with Crippen LogP contribution in [0.3, 0.4) is 0 Å². The highest BCUT2D eigenvalue weighted by atomic mass is 79.9. The molecule has 6 heteroatoms. The van der Waals surface area contributed by atoms with E-state index in [1.807, 2.05) is 0 Å². The largest absolute Gasteiger partial charge is 0.481 e. The maximum atomic E-state index is 11.6. The molecule has 1 aromatic heterocycles. The van der Waals surface area contributed by atoms with Crippen molar-refractivity contribution in [3.63, 3.8) is 0 Å². The number of carboxylic acid groups (broad SMARTS) is 1. The second-order valence-corrected chi connectivity index (χ2v) is 4.15. The third-order valence-corrected chi connectivity index (χ3v) is 2.32. The van der Waals surface area contributed by atoms with Crippen molar-refractivity contribution in [3.05, 3.63) is 28.5 Å². The summed E-state index contributed by atoms with van der Waals surface area (Å²) in [7, 11) is 0. The van der Waals surface area contributed by atoms with E-state index in [-0.39, 0.29) is 12.3 Å². The van der Waals surface area contributed by atoms with E-state index in [0.29, 0.717) is 10.2 Å². The minimum Gasteiger partial charge on any atom is -0.481 e. The molecule has 0 aromatic carbocycles. The van der Waals surface area contributed by atoms with Crippen molar-refractivity contribution in [2.45, 2.75) is 19.4 Å². The Morgan fingerprint density at radius 1 is 1.56 bits per heavy atom. The van der Waals surface area contributed by atoms with E-state index in [9.17, 15) is 9.59 Å². The summed E-state index contributed by atoms with van der Waals surface area (Å²) in [5, 5.41) is 11.1. The van der Waals surface area contributed by atoms with Crippen molar-refractivity contribution in [1.29, 1.82) is 0 Å². The maximum Gasteiger partial charge on any atom is 0.305 e. The van der Waals surface area contributed by atoms with Crippen LogP contribution in [-0.4, -0.2) is 28.0 Å². The van der Waals surface area contributed by atoms with Crippen LogP contribution in [-0.2, 0) is 4.79 Å². The summed E-state index contributed by atoms with van der Waals surface area (Å²) in [4.78, 5) is 25.9. The third kappa shape index (κ3) is 3.98. The lowest BCUT2D eigenvalue weighted by atomic mass is 10.2. The molecule has 0 saturated carbocycles. The van der Waals surface area contributed by atoms with Crippen LogP contribution in [0.5, 0.6) is 0 Å². The van der Waals surface area contributed by atoms with Gasteiger partial charge in [-0.15, -0.1) is 0 Å². The molecule has 0 radical (unpaired) electrons. The molecule has 2 N–H and O–H groups in total. The molecule has 1 rings (SSSR count). The van der Waals surface area contributed by atoms with Crippen molar-refractivity contribution in [2.24, 2.45) is 0 Å². The molecular formula is C10H11BrN2O3. The van der Waals surface area contributed by atoms with Crippen molar-refractivity contribution in [2.75, 3.05) is 0 Å². The molecule has 0 aliphatic heterocycles. The van der Waals surface area contributed by atoms with Crippen molar-refractivity contribution >= 4 is 27.8 Å². The first-order valence-corrected chi connectivity index (χ1v) is 5.42. The Morgan fingerprint density at radius 2 is 2.25 bits per heavy atom. The van der Waals surface area contributed by atoms with Crippen LogP contribution in [0.1, 0.15) is 23.7 Å². The zero-order chi connectivity index (χ0) is 12.1. The van der Waals surface area contributed by atoms with Crippen LogP contribution in [0, 0.1) is 0 Å². The van der Waals surface area contributed by atoms with Gasteiger partial charge >= 0.3 is 5.97 Å². The normalized spacial score (nSPS) is 11.9. The minimum atomic E-state index is -0.943. The molecule has 0 aliphatic rings. The van der Waals surface area contributed by atoms with Crippen LogP contribution in [0.25, 0.3) is 0 Å². The number of carbonyl (C=O) groups excluding carboxylic acids is 1. The maximum absolute atomic E-state index is 11.6. The number of nitrogens with zero attached hydrogens (tertiary/aromatic N) is 1. The molecule has 1 heterocycles. The van der Waals surface area contributed by atoms with E-state index in [1.165, 1.54) is 6.20 Å². The average Bonchev–Trinajstić information content (AvgIpc) is 2.16. The first kappa shape index (κ1) is 12.6. The quantitative estimate of drug-likeness (QED) is 0.821. The van der Waals surface area contributed by atoms with Gasteiger partial charge in [0, 0.05) is 12.2 Å². The van der Waals surface area contributed by atoms with E-state index in [4.69, 9.17) is 5.11 Å². The summed E-state index contributed by atoms with van der Waals surface area (Å²) in [6, 6.07) is 2.85. The third-order valence-electron chi connectivity index (χ3n) is 1.85. The summed E-state index contributed by atoms with van der Waals surface area (Å²) < 4.78 is 0.641. The molecule has 1 atom stereocenters. The summed E-state index contributed by atoms with van der Waals surface area (Å²) >= 11 is 3.16. The van der Waals surface area contributed by atoms with E-state index < -0.39 is 12.0 Å². The first-order valence-electron chi connectivity index (χ1n) is 4.63. The summed E-state index contributed by atoms with van der Waals surface area (Å²) in [6.45, 7) is 1.64. The predicted octanol–water partition coefficient (Wildman–Crippen LogP) is 1.44. The molecule has 5 nitrogen and oxygen atoms in total. The highest BCUT2D eigenvalue weighted by Crippen LogP contribution is 2.06. The van der Waals surface area contributed by atoms with Gasteiger partial charge in [0.25, 0.3) is 5.91 Å². The molecule has 1 unspecified atom stereocenters. The van der Waals surface area contributed by atoms with Gasteiger partial charge in [-0.3, -0.25) is 9.59 Å². The molecule has 0 saturated heterocycles. The average molecular weight is 287 g/mol. The van der Waals surface area contributed by atoms with Gasteiger partial charge < -0.3 is 10.4 Å². The summed E-state index contributed by atoms with van der Waals surface area (Å²) in [6.07, 6.45) is 1.32. The number of nitrogens with one attached hydrogen (secondary N) is 1. The van der Waals surface area contributed by atoms with Gasteiger partial charge in [0.2, 0.25) is 0 Å². The van der Waals surface area contributed by atoms with Crippen molar-refractivity contribution in [1.82, 2.24) is 10.3 Å². The second-order valence-electron chi connectivity index (χ2n) is 3.34. The topological polar surface area (TPSA) is 79.3 Å². The number of carboxylic acids is 1. The molecule has 0 fully saturated rings. The van der Waals surface area contributed by atoms with Crippen LogP contribution < -0.4 is 5.32 Å². The molecular weight excluding hydrogens is 276 g/mol. The number of rotatable bonds is 4. The summed E-state index contributed by atoms with van der Waals surface area (Å²) in [5.41, 5.74) is 0.403. The van der Waals surface area contributed by atoms with E-state index in [2.05, 4.69) is 26.2 Å². The lowest BCUT2D eigenvalue weighted by Crippen LogP contribution is -2.34. The van der Waals surface area contributed by atoms with Gasteiger partial charge in [-0.05, 0) is 35.0 Å². The minimum absolute atomic E-state index is 0.101. The van der Waals surface area contributed by atoms with Gasteiger partial charge in [-0.2, -0.15) is 0 Å². The number of aromatic nitrogens is 1. The van der Waals surface area contributed by atoms with E-state index in [0.717, 1.165) is 0 Å². The monoisotopic (exact) mass is 286 g/mol. The number of halogens is 1. The molecule has 0 bridgehead atoms. The van der Waals surface area contributed by atoms with Crippen LogP contribution in [0.4, 0.5) is 0 Å². The molecule has 1 amide bonds. The highest BCUT2D eigenvalue weighted by Gasteiger charge is 2.12. The summed E-state index contributed by atoms with van der Waals surface area (Å²) in [5.74, 6) is -1.27. The number of hydrogen-bond acceptors (Lipinski definition) is 3. The Bertz CT molecular complexity index is 392. The zero-order valence-electron chi connectivity index (χ0n) is 8.61. The standard InChI is InChI=1S/C10H11BrN2O3/c1-6(4-9(14)15)13-10(16)7-2-3-8(11)12-5-7/h2-3,5-6H,4H2,1H3,(H,13,16)(H,14,15). The Morgan fingerprint density at radius 3 is 2.75 bits per heavy atom. The number of hydrogen-bond donors (Lipinski definition) is 2.